The lowest BCUT2D eigenvalue weighted by Crippen LogP contribution is -2.18. The number of nitrogens with zero attached hydrogens (tertiary/aromatic N) is 1. The molecule has 4 aliphatic carbocycles. The summed E-state index contributed by atoms with van der Waals surface area (Å²) in [5.74, 6) is 3.22. The zero-order valence-corrected chi connectivity index (χ0v) is 30.2. The van der Waals surface area contributed by atoms with Gasteiger partial charge in [-0.25, -0.2) is 0 Å². The van der Waals surface area contributed by atoms with Gasteiger partial charge in [0, 0.05) is 22.5 Å². The smallest absolute Gasteiger partial charge is 0.0496 e. The molecule has 0 saturated heterocycles. The Labute approximate surface area is 304 Å². The van der Waals surface area contributed by atoms with Crippen molar-refractivity contribution in [1.82, 2.24) is 0 Å². The maximum absolute atomic E-state index is 2.59. The van der Waals surface area contributed by atoms with Crippen molar-refractivity contribution in [2.24, 2.45) is 11.8 Å². The zero-order chi connectivity index (χ0) is 34.1. The summed E-state index contributed by atoms with van der Waals surface area (Å²) < 4.78 is 0. The van der Waals surface area contributed by atoms with Crippen molar-refractivity contribution in [3.63, 3.8) is 0 Å². The highest BCUT2D eigenvalue weighted by Gasteiger charge is 2.40. The monoisotopic (exact) mass is 663 g/mol. The third-order valence-corrected chi connectivity index (χ3v) is 13.6. The van der Waals surface area contributed by atoms with Crippen LogP contribution in [0.2, 0.25) is 0 Å². The molecule has 1 nitrogen and oxygen atoms in total. The molecule has 0 heterocycles. The lowest BCUT2D eigenvalue weighted by molar-refractivity contribution is 0.420. The van der Waals surface area contributed by atoms with Crippen molar-refractivity contribution in [2.45, 2.75) is 88.9 Å². The molecule has 3 unspecified atom stereocenters. The second-order valence-corrected chi connectivity index (χ2v) is 16.7. The second kappa shape index (κ2) is 12.3. The van der Waals surface area contributed by atoms with E-state index in [1.807, 2.05) is 0 Å². The minimum absolute atomic E-state index is 0.124. The largest absolute Gasteiger partial charge is 0.310 e. The van der Waals surface area contributed by atoms with Gasteiger partial charge in [0.2, 0.25) is 0 Å². The van der Waals surface area contributed by atoms with Crippen molar-refractivity contribution in [1.29, 1.82) is 0 Å². The lowest BCUT2D eigenvalue weighted by Gasteiger charge is -2.33. The van der Waals surface area contributed by atoms with Gasteiger partial charge in [-0.2, -0.15) is 0 Å². The van der Waals surface area contributed by atoms with Crippen molar-refractivity contribution >= 4 is 27.8 Å². The minimum Gasteiger partial charge on any atom is -0.310 e. The molecule has 0 spiro atoms. The molecule has 4 aliphatic rings. The van der Waals surface area contributed by atoms with Gasteiger partial charge in [-0.3, -0.25) is 0 Å². The Morgan fingerprint density at radius 2 is 1.29 bits per heavy atom. The van der Waals surface area contributed by atoms with E-state index < -0.39 is 0 Å². The molecular weight excluding hydrogens is 615 g/mol. The van der Waals surface area contributed by atoms with Gasteiger partial charge in [0.15, 0.2) is 0 Å². The van der Waals surface area contributed by atoms with Crippen molar-refractivity contribution in [2.75, 3.05) is 4.90 Å². The fourth-order valence-corrected chi connectivity index (χ4v) is 10.9. The molecule has 3 saturated carbocycles. The number of rotatable bonds is 6. The van der Waals surface area contributed by atoms with E-state index in [-0.39, 0.29) is 5.41 Å². The zero-order valence-electron chi connectivity index (χ0n) is 30.2. The lowest BCUT2D eigenvalue weighted by atomic mass is 9.81. The van der Waals surface area contributed by atoms with Crippen LogP contribution in [-0.4, -0.2) is 0 Å². The van der Waals surface area contributed by atoms with E-state index in [4.69, 9.17) is 0 Å². The minimum atomic E-state index is -0.124. The fourth-order valence-electron chi connectivity index (χ4n) is 10.9. The van der Waals surface area contributed by atoms with Gasteiger partial charge in [-0.1, -0.05) is 131 Å². The van der Waals surface area contributed by atoms with E-state index in [0.29, 0.717) is 5.92 Å². The van der Waals surface area contributed by atoms with E-state index in [0.717, 1.165) is 17.8 Å². The molecule has 10 rings (SSSR count). The topological polar surface area (TPSA) is 3.24 Å². The Kier molecular flexibility index (Phi) is 7.49. The van der Waals surface area contributed by atoms with Gasteiger partial charge in [0.1, 0.15) is 0 Å². The average Bonchev–Trinajstić information content (AvgIpc) is 3.88. The molecular formula is C50H49N. The van der Waals surface area contributed by atoms with Crippen LogP contribution in [0.25, 0.3) is 33.0 Å². The number of benzene rings is 6. The highest BCUT2D eigenvalue weighted by Crippen LogP contribution is 2.54. The molecule has 6 aromatic rings. The van der Waals surface area contributed by atoms with E-state index in [2.05, 4.69) is 146 Å². The Morgan fingerprint density at radius 1 is 0.569 bits per heavy atom. The van der Waals surface area contributed by atoms with E-state index in [9.17, 15) is 0 Å². The molecule has 3 fully saturated rings. The van der Waals surface area contributed by atoms with Crippen LogP contribution < -0.4 is 4.90 Å². The van der Waals surface area contributed by atoms with Crippen molar-refractivity contribution in [3.05, 3.63) is 150 Å². The number of fused-ring (bicyclic) bond motifs is 6. The molecule has 2 bridgehead atoms. The predicted molar refractivity (Wildman–Crippen MR) is 216 cm³/mol. The Balaban J connectivity index is 1.07. The third kappa shape index (κ3) is 5.18. The maximum Gasteiger partial charge on any atom is 0.0496 e. The molecule has 3 atom stereocenters. The van der Waals surface area contributed by atoms with Gasteiger partial charge in [0.25, 0.3) is 0 Å². The first kappa shape index (κ1) is 31.1. The summed E-state index contributed by atoms with van der Waals surface area (Å²) in [6.45, 7) is 4.86. The normalized spacial score (nSPS) is 21.9. The summed E-state index contributed by atoms with van der Waals surface area (Å²) >= 11 is 0. The fraction of sp³-hybridized carbons (Fsp3) is 0.320. The molecule has 51 heavy (non-hydrogen) atoms. The van der Waals surface area contributed by atoms with Gasteiger partial charge in [-0.15, -0.1) is 0 Å². The second-order valence-electron chi connectivity index (χ2n) is 16.7. The van der Waals surface area contributed by atoms with E-state index in [1.165, 1.54) is 125 Å². The van der Waals surface area contributed by atoms with Crippen LogP contribution in [-0.2, 0) is 5.41 Å². The van der Waals surface area contributed by atoms with Gasteiger partial charge in [0.05, 0.1) is 0 Å². The Morgan fingerprint density at radius 3 is 2.10 bits per heavy atom. The molecule has 254 valence electrons. The molecule has 6 aromatic carbocycles. The van der Waals surface area contributed by atoms with E-state index in [1.54, 1.807) is 5.56 Å². The average molecular weight is 664 g/mol. The van der Waals surface area contributed by atoms with Crippen LogP contribution in [0, 0.1) is 11.8 Å². The predicted octanol–water partition coefficient (Wildman–Crippen LogP) is 14.2. The molecule has 0 N–H and O–H groups in total. The first-order chi connectivity index (χ1) is 25.0. The van der Waals surface area contributed by atoms with Gasteiger partial charge >= 0.3 is 0 Å². The Bertz CT molecular complexity index is 2250. The summed E-state index contributed by atoms with van der Waals surface area (Å²) in [7, 11) is 0. The first-order valence-corrected chi connectivity index (χ1v) is 19.8. The molecule has 0 amide bonds. The summed E-state index contributed by atoms with van der Waals surface area (Å²) in [5.41, 5.74) is 15.0. The standard InChI is InChI=1S/C50H49N/c1-50(2)47-31-38(42-17-10-14-34-13-6-7-15-41(34)42)23-27-44(47)45-28-26-40(32-48(45)50)51(49-18-9-8-16-43(49)35-11-4-3-5-12-35)39-24-21-36(22-25-39)46-30-33-19-20-37(46)29-33/h6-10,13-18,21-28,31-33,35,37,46H,3-5,11-12,19-20,29-30H2,1-2H3. The number of hydrogen-bond donors (Lipinski definition) is 0. The van der Waals surface area contributed by atoms with Crippen LogP contribution in [0.1, 0.15) is 106 Å². The number of anilines is 3. The third-order valence-electron chi connectivity index (χ3n) is 13.6. The van der Waals surface area contributed by atoms with Crippen LogP contribution in [0.3, 0.4) is 0 Å². The summed E-state index contributed by atoms with van der Waals surface area (Å²) in [5, 5.41) is 2.61. The summed E-state index contributed by atoms with van der Waals surface area (Å²) in [6, 6.07) is 49.1. The summed E-state index contributed by atoms with van der Waals surface area (Å²) in [6.07, 6.45) is 12.3. The van der Waals surface area contributed by atoms with Gasteiger partial charge in [-0.05, 0) is 147 Å². The highest BCUT2D eigenvalue weighted by molar-refractivity contribution is 5.98. The summed E-state index contributed by atoms with van der Waals surface area (Å²) in [4.78, 5) is 2.59. The number of para-hydroxylation sites is 1. The molecule has 0 radical (unpaired) electrons. The maximum atomic E-state index is 2.59. The molecule has 1 heteroatoms. The first-order valence-electron chi connectivity index (χ1n) is 19.8. The van der Waals surface area contributed by atoms with Crippen molar-refractivity contribution < 1.29 is 0 Å². The van der Waals surface area contributed by atoms with E-state index >= 15 is 0 Å². The quantitative estimate of drug-likeness (QED) is 0.171. The van der Waals surface area contributed by atoms with Gasteiger partial charge < -0.3 is 4.90 Å². The van der Waals surface area contributed by atoms with Crippen LogP contribution >= 0.6 is 0 Å². The SMILES string of the molecule is CC1(C)c2cc(-c3cccc4ccccc34)ccc2-c2ccc(N(c3ccc(C4CC5CCC4C5)cc3)c3ccccc3C3CCCCC3)cc21. The Hall–Kier alpha value is -4.62. The van der Waals surface area contributed by atoms with Crippen LogP contribution in [0.4, 0.5) is 17.1 Å². The van der Waals surface area contributed by atoms with Crippen LogP contribution in [0.15, 0.2) is 127 Å². The highest BCUT2D eigenvalue weighted by atomic mass is 15.1. The van der Waals surface area contributed by atoms with Crippen molar-refractivity contribution in [3.8, 4) is 22.3 Å². The molecule has 0 aromatic heterocycles. The number of hydrogen-bond acceptors (Lipinski definition) is 1. The van der Waals surface area contributed by atoms with Crippen LogP contribution in [0.5, 0.6) is 0 Å². The molecule has 0 aliphatic heterocycles.